The smallest absolute Gasteiger partial charge is 0.266 e. The van der Waals surface area contributed by atoms with Gasteiger partial charge in [0.25, 0.3) is 5.91 Å². The Bertz CT molecular complexity index is 1320. The molecule has 0 bridgehead atoms. The van der Waals surface area contributed by atoms with E-state index in [0.717, 1.165) is 22.6 Å². The largest absolute Gasteiger partial charge is 0.497 e. The zero-order chi connectivity index (χ0) is 27.3. The van der Waals surface area contributed by atoms with Crippen molar-refractivity contribution in [2.45, 2.75) is 32.4 Å². The number of benzene rings is 2. The average Bonchev–Trinajstić information content (AvgIpc) is 3.39. The van der Waals surface area contributed by atoms with Crippen molar-refractivity contribution < 1.29 is 27.5 Å². The van der Waals surface area contributed by atoms with Crippen LogP contribution in [-0.2, 0) is 26.0 Å². The van der Waals surface area contributed by atoms with Crippen LogP contribution >= 0.6 is 24.0 Å². The summed E-state index contributed by atoms with van der Waals surface area (Å²) in [6.07, 6.45) is 2.20. The van der Waals surface area contributed by atoms with E-state index in [2.05, 4.69) is 0 Å². The number of methoxy groups -OCH3 is 1. The van der Waals surface area contributed by atoms with E-state index in [1.165, 1.54) is 16.7 Å². The van der Waals surface area contributed by atoms with Gasteiger partial charge in [-0.15, -0.1) is 0 Å². The number of ether oxygens (including phenoxy) is 2. The molecule has 0 aromatic heterocycles. The van der Waals surface area contributed by atoms with Gasteiger partial charge in [-0.2, -0.15) is 0 Å². The van der Waals surface area contributed by atoms with Crippen LogP contribution in [-0.4, -0.2) is 72.2 Å². The summed E-state index contributed by atoms with van der Waals surface area (Å²) in [5, 5.41) is 0. The lowest BCUT2D eigenvalue weighted by atomic mass is 10.1. The highest BCUT2D eigenvalue weighted by Gasteiger charge is 2.36. The Balaban J connectivity index is 1.44. The summed E-state index contributed by atoms with van der Waals surface area (Å²) in [6, 6.07) is 14.3. The number of hydrogen-bond acceptors (Lipinski definition) is 8. The van der Waals surface area contributed by atoms with Gasteiger partial charge >= 0.3 is 0 Å². The van der Waals surface area contributed by atoms with Crippen molar-refractivity contribution in [1.82, 2.24) is 9.80 Å². The van der Waals surface area contributed by atoms with E-state index in [0.29, 0.717) is 22.3 Å². The number of amides is 2. The first kappa shape index (κ1) is 28.1. The molecule has 2 saturated heterocycles. The number of nitrogens with zero attached hydrogens (tertiary/aromatic N) is 2. The van der Waals surface area contributed by atoms with Crippen molar-refractivity contribution in [3.05, 3.63) is 64.6 Å². The normalized spacial score (nSPS) is 19.7. The van der Waals surface area contributed by atoms with Crippen molar-refractivity contribution >= 4 is 56.0 Å². The maximum atomic E-state index is 13.4. The topological polar surface area (TPSA) is 93.2 Å². The second kappa shape index (κ2) is 12.3. The van der Waals surface area contributed by atoms with Crippen molar-refractivity contribution in [1.29, 1.82) is 0 Å². The molecule has 38 heavy (non-hydrogen) atoms. The Kier molecular flexibility index (Phi) is 9.11. The second-order valence-electron chi connectivity index (χ2n) is 9.01. The van der Waals surface area contributed by atoms with Crippen LogP contribution in [0.15, 0.2) is 53.4 Å². The molecule has 2 aromatic carbocycles. The van der Waals surface area contributed by atoms with Gasteiger partial charge in [-0.3, -0.25) is 14.5 Å². The molecule has 0 spiro atoms. The van der Waals surface area contributed by atoms with Crippen molar-refractivity contribution in [2.24, 2.45) is 0 Å². The van der Waals surface area contributed by atoms with Crippen LogP contribution in [0.4, 0.5) is 0 Å². The fourth-order valence-corrected chi connectivity index (χ4v) is 7.43. The van der Waals surface area contributed by atoms with E-state index < -0.39 is 15.9 Å². The van der Waals surface area contributed by atoms with Gasteiger partial charge in [-0.1, -0.05) is 48.2 Å². The van der Waals surface area contributed by atoms with Gasteiger partial charge in [0.1, 0.15) is 15.8 Å². The summed E-state index contributed by atoms with van der Waals surface area (Å²) in [5.74, 6) is 1.00. The summed E-state index contributed by atoms with van der Waals surface area (Å²) in [6.45, 7) is 2.86. The van der Waals surface area contributed by atoms with Crippen LogP contribution in [0.2, 0.25) is 0 Å². The zero-order valence-corrected chi connectivity index (χ0v) is 23.7. The van der Waals surface area contributed by atoms with E-state index >= 15 is 0 Å². The summed E-state index contributed by atoms with van der Waals surface area (Å²) in [4.78, 5) is 30.0. The highest BCUT2D eigenvalue weighted by molar-refractivity contribution is 8.26. The lowest BCUT2D eigenvalue weighted by Crippen LogP contribution is -2.42. The molecule has 1 unspecified atom stereocenters. The second-order valence-corrected chi connectivity index (χ2v) is 12.9. The highest BCUT2D eigenvalue weighted by Crippen LogP contribution is 2.33. The van der Waals surface area contributed by atoms with Crippen LogP contribution in [0.3, 0.4) is 0 Å². The molecule has 0 N–H and O–H groups in total. The lowest BCUT2D eigenvalue weighted by Gasteiger charge is -2.29. The minimum absolute atomic E-state index is 0.0375. The van der Waals surface area contributed by atoms with Crippen LogP contribution < -0.4 is 9.47 Å². The molecule has 2 aliphatic heterocycles. The Labute approximate surface area is 232 Å². The highest BCUT2D eigenvalue weighted by atomic mass is 32.2. The van der Waals surface area contributed by atoms with Crippen LogP contribution in [0.5, 0.6) is 11.5 Å². The van der Waals surface area contributed by atoms with Crippen LogP contribution in [0, 0.1) is 0 Å². The van der Waals surface area contributed by atoms with Gasteiger partial charge in [0, 0.05) is 25.6 Å². The monoisotopic (exact) mass is 574 g/mol. The number of carbonyl (C=O) groups is 2. The fraction of sp³-hybridized carbons (Fsp3) is 0.370. The third-order valence-corrected chi connectivity index (χ3v) is 9.52. The number of sulfone groups is 1. The number of carbonyl (C=O) groups excluding carboxylic acids is 2. The molecule has 0 radical (unpaired) electrons. The molecule has 2 amide bonds. The number of rotatable bonds is 10. The first-order chi connectivity index (χ1) is 18.2. The van der Waals surface area contributed by atoms with Crippen molar-refractivity contribution in [3.63, 3.8) is 0 Å². The fourth-order valence-electron chi connectivity index (χ4n) is 4.39. The molecule has 4 rings (SSSR count). The summed E-state index contributed by atoms with van der Waals surface area (Å²) in [7, 11) is -1.60. The quantitative estimate of drug-likeness (QED) is 0.312. The molecule has 2 fully saturated rings. The first-order valence-corrected chi connectivity index (χ1v) is 15.3. The number of hydrogen-bond donors (Lipinski definition) is 0. The third-order valence-electron chi connectivity index (χ3n) is 6.39. The Morgan fingerprint density at radius 2 is 1.84 bits per heavy atom. The van der Waals surface area contributed by atoms with E-state index in [9.17, 15) is 18.0 Å². The molecular formula is C27H30N2O6S3. The standard InChI is InChI=1S/C27H30N2O6S3/c1-3-35-23-10-6-20(7-11-23)17-29(21-13-15-38(32,33)18-21)25(30)12-14-28-26(31)24(37-27(28)36)16-19-4-8-22(34-2)9-5-19/h4-11,16,21H,3,12-15,17-18H2,1-2H3. The average molecular weight is 575 g/mol. The predicted molar refractivity (Wildman–Crippen MR) is 153 cm³/mol. The zero-order valence-electron chi connectivity index (χ0n) is 21.3. The Hall–Kier alpha value is -2.89. The summed E-state index contributed by atoms with van der Waals surface area (Å²) >= 11 is 6.64. The molecule has 2 heterocycles. The summed E-state index contributed by atoms with van der Waals surface area (Å²) < 4.78 is 35.4. The van der Waals surface area contributed by atoms with Gasteiger partial charge < -0.3 is 14.4 Å². The van der Waals surface area contributed by atoms with Gasteiger partial charge in [0.15, 0.2) is 9.84 Å². The molecule has 8 nitrogen and oxygen atoms in total. The van der Waals surface area contributed by atoms with E-state index in [4.69, 9.17) is 21.7 Å². The van der Waals surface area contributed by atoms with Crippen molar-refractivity contribution in [3.8, 4) is 11.5 Å². The SMILES string of the molecule is CCOc1ccc(CN(C(=O)CCN2C(=O)C(=Cc3ccc(OC)cc3)SC2=S)C2CCS(=O)(=O)C2)cc1. The molecule has 1 atom stereocenters. The minimum atomic E-state index is -3.19. The van der Waals surface area contributed by atoms with E-state index in [-0.39, 0.29) is 42.8 Å². The molecule has 2 aliphatic rings. The van der Waals surface area contributed by atoms with E-state index in [1.807, 2.05) is 55.5 Å². The molecule has 11 heteroatoms. The number of thiocarbonyl (C=S) groups is 1. The predicted octanol–water partition coefficient (Wildman–Crippen LogP) is 3.90. The molecule has 0 aliphatic carbocycles. The number of thioether (sulfide) groups is 1. The maximum Gasteiger partial charge on any atom is 0.266 e. The lowest BCUT2D eigenvalue weighted by molar-refractivity contribution is -0.134. The first-order valence-electron chi connectivity index (χ1n) is 12.3. The van der Waals surface area contributed by atoms with Gasteiger partial charge in [0.2, 0.25) is 5.91 Å². The van der Waals surface area contributed by atoms with Gasteiger partial charge in [-0.25, -0.2) is 8.42 Å². The van der Waals surface area contributed by atoms with Gasteiger partial charge in [0.05, 0.1) is 30.1 Å². The maximum absolute atomic E-state index is 13.4. The summed E-state index contributed by atoms with van der Waals surface area (Å²) in [5.41, 5.74) is 1.71. The van der Waals surface area contributed by atoms with E-state index in [1.54, 1.807) is 18.1 Å². The van der Waals surface area contributed by atoms with Crippen LogP contribution in [0.1, 0.15) is 30.9 Å². The third kappa shape index (κ3) is 6.95. The Morgan fingerprint density at radius 1 is 1.16 bits per heavy atom. The minimum Gasteiger partial charge on any atom is -0.497 e. The van der Waals surface area contributed by atoms with Gasteiger partial charge in [-0.05, 0) is 54.8 Å². The van der Waals surface area contributed by atoms with Crippen LogP contribution in [0.25, 0.3) is 6.08 Å². The molecular weight excluding hydrogens is 545 g/mol. The van der Waals surface area contributed by atoms with Crippen molar-refractivity contribution in [2.75, 3.05) is 31.8 Å². The molecule has 202 valence electrons. The molecule has 2 aromatic rings. The molecule has 0 saturated carbocycles. The Morgan fingerprint density at radius 3 is 2.45 bits per heavy atom.